The van der Waals surface area contributed by atoms with Gasteiger partial charge in [0.15, 0.2) is 0 Å². The molecular weight excluding hydrogens is 311 g/mol. The fourth-order valence-electron chi connectivity index (χ4n) is 1.29. The molecule has 0 radical (unpaired) electrons. The summed E-state index contributed by atoms with van der Waals surface area (Å²) in [5.41, 5.74) is -3.07. The van der Waals surface area contributed by atoms with E-state index >= 15 is 0 Å². The van der Waals surface area contributed by atoms with Gasteiger partial charge in [-0.05, 0) is 15.9 Å². The van der Waals surface area contributed by atoms with Gasteiger partial charge in [-0.3, -0.25) is 4.98 Å². The van der Waals surface area contributed by atoms with Gasteiger partial charge in [-0.1, -0.05) is 0 Å². The predicted octanol–water partition coefficient (Wildman–Crippen LogP) is 3.87. The van der Waals surface area contributed by atoms with Crippen molar-refractivity contribution in [1.82, 2.24) is 4.98 Å². The lowest BCUT2D eigenvalue weighted by atomic mass is 10.0. The number of nitrogens with zero attached hydrogens (tertiary/aromatic N) is 2. The van der Waals surface area contributed by atoms with Gasteiger partial charge in [0.2, 0.25) is 0 Å². The number of alkyl halides is 5. The molecule has 0 atom stereocenters. The van der Waals surface area contributed by atoms with E-state index in [1.807, 2.05) is 0 Å². The molecule has 0 aliphatic rings. The largest absolute Gasteiger partial charge is 0.417 e. The minimum absolute atomic E-state index is 0.459. The van der Waals surface area contributed by atoms with Crippen LogP contribution in [0.15, 0.2) is 10.7 Å². The topological polar surface area (TPSA) is 36.7 Å². The lowest BCUT2D eigenvalue weighted by Crippen LogP contribution is -2.14. The molecular formula is C9H4BrF5N2. The van der Waals surface area contributed by atoms with Gasteiger partial charge in [0.25, 0.3) is 6.43 Å². The van der Waals surface area contributed by atoms with Crippen LogP contribution in [0, 0.1) is 11.3 Å². The van der Waals surface area contributed by atoms with Crippen LogP contribution in [0.4, 0.5) is 22.0 Å². The number of hydrogen-bond donors (Lipinski definition) is 0. The third-order valence-corrected chi connectivity index (χ3v) is 2.51. The molecule has 1 heterocycles. The molecule has 0 N–H and O–H groups in total. The fourth-order valence-corrected chi connectivity index (χ4v) is 1.86. The molecule has 1 aromatic heterocycles. The molecule has 1 aromatic rings. The molecule has 0 aromatic carbocycles. The third-order valence-electron chi connectivity index (χ3n) is 1.91. The summed E-state index contributed by atoms with van der Waals surface area (Å²) in [6.45, 7) is 0. The van der Waals surface area contributed by atoms with Crippen LogP contribution in [0.3, 0.4) is 0 Å². The van der Waals surface area contributed by atoms with E-state index in [9.17, 15) is 22.0 Å². The maximum Gasteiger partial charge on any atom is 0.417 e. The van der Waals surface area contributed by atoms with Crippen LogP contribution in [-0.4, -0.2) is 4.98 Å². The molecule has 92 valence electrons. The normalized spacial score (nSPS) is 11.6. The van der Waals surface area contributed by atoms with Crippen molar-refractivity contribution in [3.05, 3.63) is 27.5 Å². The number of halogens is 6. The Morgan fingerprint density at radius 2 is 2.00 bits per heavy atom. The Hall–Kier alpha value is -1.23. The molecule has 0 aliphatic heterocycles. The van der Waals surface area contributed by atoms with E-state index in [1.54, 1.807) is 0 Å². The molecule has 0 unspecified atom stereocenters. The van der Waals surface area contributed by atoms with Crippen LogP contribution in [0.25, 0.3) is 0 Å². The molecule has 1 rings (SSSR count). The van der Waals surface area contributed by atoms with Gasteiger partial charge in [-0.2, -0.15) is 18.4 Å². The van der Waals surface area contributed by atoms with Gasteiger partial charge in [0.05, 0.1) is 18.1 Å². The summed E-state index contributed by atoms with van der Waals surface area (Å²) >= 11 is 2.60. The maximum atomic E-state index is 12.7. The van der Waals surface area contributed by atoms with Crippen LogP contribution in [0.2, 0.25) is 0 Å². The summed E-state index contributed by atoms with van der Waals surface area (Å²) in [6.07, 6.45) is -8.10. The van der Waals surface area contributed by atoms with Gasteiger partial charge in [0, 0.05) is 16.2 Å². The maximum absolute atomic E-state index is 12.7. The highest BCUT2D eigenvalue weighted by atomic mass is 79.9. The molecule has 8 heteroatoms. The minimum atomic E-state index is -4.82. The first-order valence-electron chi connectivity index (χ1n) is 4.18. The monoisotopic (exact) mass is 314 g/mol. The van der Waals surface area contributed by atoms with Gasteiger partial charge in [-0.15, -0.1) is 0 Å². The first-order valence-corrected chi connectivity index (χ1v) is 4.98. The predicted molar refractivity (Wildman–Crippen MR) is 51.2 cm³/mol. The van der Waals surface area contributed by atoms with Crippen molar-refractivity contribution >= 4 is 15.9 Å². The van der Waals surface area contributed by atoms with Crippen molar-refractivity contribution in [2.45, 2.75) is 19.0 Å². The zero-order chi connectivity index (χ0) is 13.2. The highest BCUT2D eigenvalue weighted by molar-refractivity contribution is 9.10. The number of pyridine rings is 1. The molecule has 0 fully saturated rings. The standard InChI is InChI=1S/C9H4BrF5N2/c10-5-3-17-7(8(11)12)4(1-2-16)6(5)9(13,14)15/h3,8H,1H2. The van der Waals surface area contributed by atoms with Gasteiger partial charge < -0.3 is 0 Å². The summed E-state index contributed by atoms with van der Waals surface area (Å²) in [7, 11) is 0. The van der Waals surface area contributed by atoms with Crippen molar-refractivity contribution in [2.75, 3.05) is 0 Å². The SMILES string of the molecule is N#CCc1c(C(F)F)ncc(Br)c1C(F)(F)F. The van der Waals surface area contributed by atoms with E-state index < -0.39 is 40.3 Å². The van der Waals surface area contributed by atoms with Crippen molar-refractivity contribution in [2.24, 2.45) is 0 Å². The van der Waals surface area contributed by atoms with Crippen molar-refractivity contribution in [1.29, 1.82) is 5.26 Å². The van der Waals surface area contributed by atoms with E-state index in [0.717, 1.165) is 0 Å². The molecule has 0 bridgehead atoms. The minimum Gasteiger partial charge on any atom is -0.254 e. The smallest absolute Gasteiger partial charge is 0.254 e. The molecule has 0 amide bonds. The Labute approximate surface area is 101 Å². The Balaban J connectivity index is 3.56. The summed E-state index contributed by atoms with van der Waals surface area (Å²) < 4.78 is 62.5. The molecule has 0 aliphatic carbocycles. The zero-order valence-corrected chi connectivity index (χ0v) is 9.61. The summed E-state index contributed by atoms with van der Waals surface area (Å²) in [6, 6.07) is 1.42. The second-order valence-corrected chi connectivity index (χ2v) is 3.83. The average molecular weight is 315 g/mol. The van der Waals surface area contributed by atoms with Crippen LogP contribution < -0.4 is 0 Å². The van der Waals surface area contributed by atoms with Crippen LogP contribution in [0.5, 0.6) is 0 Å². The number of hydrogen-bond acceptors (Lipinski definition) is 2. The van der Waals surface area contributed by atoms with Gasteiger partial charge >= 0.3 is 6.18 Å². The van der Waals surface area contributed by atoms with E-state index in [-0.39, 0.29) is 0 Å². The summed E-state index contributed by atoms with van der Waals surface area (Å²) in [5, 5.41) is 8.40. The number of aromatic nitrogens is 1. The van der Waals surface area contributed by atoms with Gasteiger partial charge in [-0.25, -0.2) is 8.78 Å². The van der Waals surface area contributed by atoms with Crippen molar-refractivity contribution in [3.63, 3.8) is 0 Å². The Kier molecular flexibility index (Phi) is 4.03. The molecule has 17 heavy (non-hydrogen) atoms. The Morgan fingerprint density at radius 3 is 2.41 bits per heavy atom. The second-order valence-electron chi connectivity index (χ2n) is 2.98. The van der Waals surface area contributed by atoms with Crippen molar-refractivity contribution in [3.8, 4) is 6.07 Å². The fraction of sp³-hybridized carbons (Fsp3) is 0.333. The number of rotatable bonds is 2. The van der Waals surface area contributed by atoms with E-state index in [0.29, 0.717) is 6.20 Å². The van der Waals surface area contributed by atoms with Crippen LogP contribution in [-0.2, 0) is 12.6 Å². The lowest BCUT2D eigenvalue weighted by Gasteiger charge is -2.15. The summed E-state index contributed by atoms with van der Waals surface area (Å²) in [5.74, 6) is 0. The first kappa shape index (κ1) is 13.8. The molecule has 0 spiro atoms. The van der Waals surface area contributed by atoms with Crippen LogP contribution in [0.1, 0.15) is 23.2 Å². The Bertz CT molecular complexity index is 464. The number of nitriles is 1. The molecule has 2 nitrogen and oxygen atoms in total. The van der Waals surface area contributed by atoms with Crippen LogP contribution >= 0.6 is 15.9 Å². The molecule has 0 saturated carbocycles. The zero-order valence-electron chi connectivity index (χ0n) is 8.02. The third kappa shape index (κ3) is 2.91. The Morgan fingerprint density at radius 1 is 1.41 bits per heavy atom. The second kappa shape index (κ2) is 4.96. The van der Waals surface area contributed by atoms with E-state index in [1.165, 1.54) is 6.07 Å². The van der Waals surface area contributed by atoms with Gasteiger partial charge in [0.1, 0.15) is 5.69 Å². The van der Waals surface area contributed by atoms with Crippen molar-refractivity contribution < 1.29 is 22.0 Å². The molecule has 0 saturated heterocycles. The quantitative estimate of drug-likeness (QED) is 0.777. The highest BCUT2D eigenvalue weighted by Crippen LogP contribution is 2.39. The van der Waals surface area contributed by atoms with E-state index in [2.05, 4.69) is 20.9 Å². The van der Waals surface area contributed by atoms with E-state index in [4.69, 9.17) is 5.26 Å². The lowest BCUT2D eigenvalue weighted by molar-refractivity contribution is -0.138. The summed E-state index contributed by atoms with van der Waals surface area (Å²) in [4.78, 5) is 3.22. The average Bonchev–Trinajstić information content (AvgIpc) is 2.15. The highest BCUT2D eigenvalue weighted by Gasteiger charge is 2.38. The first-order chi connectivity index (χ1) is 7.79.